The Morgan fingerprint density at radius 2 is 2.32 bits per heavy atom. The Bertz CT molecular complexity index is 595. The molecule has 4 heteroatoms. The van der Waals surface area contributed by atoms with Gasteiger partial charge in [0.1, 0.15) is 12.1 Å². The van der Waals surface area contributed by atoms with Crippen molar-refractivity contribution in [1.29, 1.82) is 0 Å². The number of hydrogen-bond acceptors (Lipinski definition) is 3. The zero-order valence-electron chi connectivity index (χ0n) is 13.0. The van der Waals surface area contributed by atoms with Gasteiger partial charge < -0.3 is 10.6 Å². The monoisotopic (exact) mass is 302 g/mol. The fourth-order valence-electron chi connectivity index (χ4n) is 3.10. The second kappa shape index (κ2) is 7.25. The average Bonchev–Trinajstić information content (AvgIpc) is 2.55. The van der Waals surface area contributed by atoms with Crippen LogP contribution in [0, 0.1) is 5.82 Å². The van der Waals surface area contributed by atoms with Crippen LogP contribution in [0.2, 0.25) is 0 Å². The van der Waals surface area contributed by atoms with Crippen LogP contribution in [0.1, 0.15) is 44.1 Å². The maximum atomic E-state index is 14.2. The fourth-order valence-corrected chi connectivity index (χ4v) is 3.10. The molecule has 1 aromatic rings. The maximum absolute atomic E-state index is 14.2. The highest BCUT2D eigenvalue weighted by Crippen LogP contribution is 2.36. The van der Waals surface area contributed by atoms with Gasteiger partial charge in [-0.1, -0.05) is 32.1 Å². The van der Waals surface area contributed by atoms with Crippen LogP contribution in [0.25, 0.3) is 0 Å². The van der Waals surface area contributed by atoms with E-state index in [-0.39, 0.29) is 17.4 Å². The summed E-state index contributed by atoms with van der Waals surface area (Å²) in [6.45, 7) is 6.51. The molecular weight excluding hydrogens is 279 g/mol. The molecule has 0 bridgehead atoms. The lowest BCUT2D eigenvalue weighted by atomic mass is 9.87. The lowest BCUT2D eigenvalue weighted by Gasteiger charge is -2.35. The third kappa shape index (κ3) is 3.21. The van der Waals surface area contributed by atoms with E-state index in [0.29, 0.717) is 12.1 Å². The Hall–Kier alpha value is -2.10. The molecule has 0 aromatic heterocycles. The van der Waals surface area contributed by atoms with Crippen molar-refractivity contribution >= 4 is 12.0 Å². The second-order valence-electron chi connectivity index (χ2n) is 5.66. The van der Waals surface area contributed by atoms with E-state index in [0.717, 1.165) is 43.2 Å². The third-order valence-electron chi connectivity index (χ3n) is 4.24. The molecule has 1 heterocycles. The maximum Gasteiger partial charge on any atom is 0.149 e. The Morgan fingerprint density at radius 3 is 2.95 bits per heavy atom. The molecule has 1 aromatic carbocycles. The number of allylic oxidation sites excluding steroid dienone is 2. The van der Waals surface area contributed by atoms with Crippen molar-refractivity contribution in [2.24, 2.45) is 0 Å². The van der Waals surface area contributed by atoms with E-state index in [1.165, 1.54) is 0 Å². The van der Waals surface area contributed by atoms with Crippen molar-refractivity contribution in [2.45, 2.75) is 38.5 Å². The number of likely N-dealkylation sites (tertiary alicyclic amines) is 1. The van der Waals surface area contributed by atoms with Crippen molar-refractivity contribution in [3.8, 4) is 0 Å². The standard InChI is InChI=1S/C18H23FN2O/c1-3-6-14(12-22)17-10-9-13(11-21(17)4-2)15-7-5-8-16(20)18(15)19/h4-5,7-8,12-13H,2-3,6,9-11,20H2,1H3/b17-14+. The number of carbonyl (C=O) groups is 1. The van der Waals surface area contributed by atoms with Crippen LogP contribution < -0.4 is 5.73 Å². The highest BCUT2D eigenvalue weighted by Gasteiger charge is 2.27. The molecule has 3 nitrogen and oxygen atoms in total. The summed E-state index contributed by atoms with van der Waals surface area (Å²) in [6.07, 6.45) is 5.91. The first-order chi connectivity index (χ1) is 10.6. The zero-order valence-corrected chi connectivity index (χ0v) is 13.0. The summed E-state index contributed by atoms with van der Waals surface area (Å²) in [4.78, 5) is 13.3. The Kier molecular flexibility index (Phi) is 5.36. The molecule has 2 N–H and O–H groups in total. The van der Waals surface area contributed by atoms with Crippen LogP contribution in [-0.4, -0.2) is 17.7 Å². The van der Waals surface area contributed by atoms with E-state index in [1.54, 1.807) is 24.4 Å². The SMILES string of the molecule is C=CN1CC(c2cccc(N)c2F)CC/C1=C(\C=O)CCC. The fraction of sp³-hybridized carbons (Fsp3) is 0.389. The van der Waals surface area contributed by atoms with E-state index in [4.69, 9.17) is 5.73 Å². The number of nitrogens with two attached hydrogens (primary N) is 1. The molecular formula is C18H23FN2O. The minimum atomic E-state index is -0.326. The molecule has 1 unspecified atom stereocenters. The normalized spacial score (nSPS) is 20.6. The van der Waals surface area contributed by atoms with Gasteiger partial charge in [-0.2, -0.15) is 0 Å². The number of piperidine rings is 1. The predicted octanol–water partition coefficient (Wildman–Crippen LogP) is 3.98. The summed E-state index contributed by atoms with van der Waals surface area (Å²) in [5.74, 6) is -0.270. The number of nitrogens with zero attached hydrogens (tertiary/aromatic N) is 1. The van der Waals surface area contributed by atoms with Gasteiger partial charge in [-0.25, -0.2) is 4.39 Å². The average molecular weight is 302 g/mol. The number of anilines is 1. The van der Waals surface area contributed by atoms with Crippen LogP contribution in [-0.2, 0) is 4.79 Å². The quantitative estimate of drug-likeness (QED) is 0.508. The Balaban J connectivity index is 2.28. The largest absolute Gasteiger partial charge is 0.396 e. The van der Waals surface area contributed by atoms with E-state index in [1.807, 2.05) is 4.90 Å². The number of hydrogen-bond donors (Lipinski definition) is 1. The van der Waals surface area contributed by atoms with Crippen LogP contribution in [0.3, 0.4) is 0 Å². The van der Waals surface area contributed by atoms with Gasteiger partial charge in [0.2, 0.25) is 0 Å². The summed E-state index contributed by atoms with van der Waals surface area (Å²) >= 11 is 0. The summed E-state index contributed by atoms with van der Waals surface area (Å²) in [5.41, 5.74) is 8.35. The smallest absolute Gasteiger partial charge is 0.149 e. The lowest BCUT2D eigenvalue weighted by Crippen LogP contribution is -2.30. The summed E-state index contributed by atoms with van der Waals surface area (Å²) < 4.78 is 14.2. The van der Waals surface area contributed by atoms with Crippen LogP contribution in [0.15, 0.2) is 42.2 Å². The molecule has 0 saturated carbocycles. The van der Waals surface area contributed by atoms with E-state index in [9.17, 15) is 9.18 Å². The Morgan fingerprint density at radius 1 is 1.55 bits per heavy atom. The van der Waals surface area contributed by atoms with Gasteiger partial charge in [0.15, 0.2) is 0 Å². The van der Waals surface area contributed by atoms with Crippen molar-refractivity contribution in [2.75, 3.05) is 12.3 Å². The van der Waals surface area contributed by atoms with Crippen LogP contribution >= 0.6 is 0 Å². The topological polar surface area (TPSA) is 46.3 Å². The molecule has 1 aliphatic rings. The predicted molar refractivity (Wildman–Crippen MR) is 87.7 cm³/mol. The first-order valence-corrected chi connectivity index (χ1v) is 7.72. The van der Waals surface area contributed by atoms with E-state index in [2.05, 4.69) is 13.5 Å². The molecule has 0 radical (unpaired) electrons. The number of nitrogen functional groups attached to an aromatic ring is 1. The van der Waals surface area contributed by atoms with Gasteiger partial charge in [-0.3, -0.25) is 4.79 Å². The minimum absolute atomic E-state index is 0.0554. The van der Waals surface area contributed by atoms with Gasteiger partial charge in [-0.05, 0) is 37.1 Å². The first kappa shape index (κ1) is 16.3. The van der Waals surface area contributed by atoms with Gasteiger partial charge in [0, 0.05) is 23.7 Å². The molecule has 2 rings (SSSR count). The molecule has 22 heavy (non-hydrogen) atoms. The van der Waals surface area contributed by atoms with Gasteiger partial charge >= 0.3 is 0 Å². The van der Waals surface area contributed by atoms with E-state index >= 15 is 0 Å². The molecule has 118 valence electrons. The molecule has 1 atom stereocenters. The zero-order chi connectivity index (χ0) is 16.1. The molecule has 1 saturated heterocycles. The lowest BCUT2D eigenvalue weighted by molar-refractivity contribution is -0.105. The Labute approximate surface area is 131 Å². The number of halogens is 1. The van der Waals surface area contributed by atoms with E-state index < -0.39 is 0 Å². The highest BCUT2D eigenvalue weighted by atomic mass is 19.1. The molecule has 0 aliphatic carbocycles. The molecule has 0 spiro atoms. The van der Waals surface area contributed by atoms with Crippen molar-refractivity contribution in [3.05, 3.63) is 53.6 Å². The molecule has 1 fully saturated rings. The van der Waals surface area contributed by atoms with Gasteiger partial charge in [0.25, 0.3) is 0 Å². The number of aldehydes is 1. The number of carbonyl (C=O) groups excluding carboxylic acids is 1. The minimum Gasteiger partial charge on any atom is -0.396 e. The summed E-state index contributed by atoms with van der Waals surface area (Å²) in [7, 11) is 0. The first-order valence-electron chi connectivity index (χ1n) is 7.72. The third-order valence-corrected chi connectivity index (χ3v) is 4.24. The van der Waals surface area contributed by atoms with Gasteiger partial charge in [-0.15, -0.1) is 0 Å². The van der Waals surface area contributed by atoms with Crippen LogP contribution in [0.5, 0.6) is 0 Å². The summed E-state index contributed by atoms with van der Waals surface area (Å²) in [5, 5.41) is 0. The summed E-state index contributed by atoms with van der Waals surface area (Å²) in [6, 6.07) is 5.15. The van der Waals surface area contributed by atoms with Crippen molar-refractivity contribution in [1.82, 2.24) is 4.90 Å². The van der Waals surface area contributed by atoms with Crippen molar-refractivity contribution in [3.63, 3.8) is 0 Å². The van der Waals surface area contributed by atoms with Crippen molar-refractivity contribution < 1.29 is 9.18 Å². The van der Waals surface area contributed by atoms with Crippen LogP contribution in [0.4, 0.5) is 10.1 Å². The molecule has 1 aliphatic heterocycles. The second-order valence-corrected chi connectivity index (χ2v) is 5.66. The highest BCUT2D eigenvalue weighted by molar-refractivity contribution is 5.74. The van der Waals surface area contributed by atoms with Gasteiger partial charge in [0.05, 0.1) is 5.69 Å². The molecule has 0 amide bonds. The number of benzene rings is 1. The number of rotatable bonds is 5.